The van der Waals surface area contributed by atoms with Crippen molar-refractivity contribution in [3.63, 3.8) is 0 Å². The molecule has 0 spiro atoms. The van der Waals surface area contributed by atoms with Crippen molar-refractivity contribution in [2.45, 2.75) is 71.0 Å². The SMILES string of the molecule is CCC(C)n1c(SCC(=O)C(C)(C)C)nnc1-c1cccc(S(=O)(=O)N(CC)CC)c1. The lowest BCUT2D eigenvalue weighted by Crippen LogP contribution is -2.30. The molecule has 9 heteroatoms. The zero-order valence-electron chi connectivity index (χ0n) is 19.5. The van der Waals surface area contributed by atoms with Crippen LogP contribution in [0.15, 0.2) is 34.3 Å². The van der Waals surface area contributed by atoms with Gasteiger partial charge in [0.15, 0.2) is 11.0 Å². The molecule has 0 aliphatic heterocycles. The lowest BCUT2D eigenvalue weighted by molar-refractivity contribution is -0.123. The predicted octanol–water partition coefficient (Wildman–Crippen LogP) is 4.65. The second kappa shape index (κ2) is 10.3. The van der Waals surface area contributed by atoms with Crippen molar-refractivity contribution in [3.05, 3.63) is 24.3 Å². The molecule has 0 saturated heterocycles. The number of carbonyl (C=O) groups excluding carboxylic acids is 1. The molecule has 0 N–H and O–H groups in total. The van der Waals surface area contributed by atoms with Gasteiger partial charge in [-0.25, -0.2) is 8.42 Å². The van der Waals surface area contributed by atoms with Crippen LogP contribution in [0.4, 0.5) is 0 Å². The highest BCUT2D eigenvalue weighted by Gasteiger charge is 2.26. The van der Waals surface area contributed by atoms with Crippen molar-refractivity contribution in [1.29, 1.82) is 0 Å². The summed E-state index contributed by atoms with van der Waals surface area (Å²) in [4.78, 5) is 12.6. The van der Waals surface area contributed by atoms with Crippen molar-refractivity contribution < 1.29 is 13.2 Å². The number of benzene rings is 1. The molecule has 0 radical (unpaired) electrons. The lowest BCUT2D eigenvalue weighted by atomic mass is 9.92. The van der Waals surface area contributed by atoms with Gasteiger partial charge in [-0.2, -0.15) is 4.31 Å². The average molecular weight is 467 g/mol. The zero-order valence-corrected chi connectivity index (χ0v) is 21.2. The molecule has 0 saturated carbocycles. The van der Waals surface area contributed by atoms with E-state index in [9.17, 15) is 13.2 Å². The summed E-state index contributed by atoms with van der Waals surface area (Å²) in [7, 11) is -3.58. The first-order valence-electron chi connectivity index (χ1n) is 10.7. The summed E-state index contributed by atoms with van der Waals surface area (Å²) < 4.78 is 29.4. The smallest absolute Gasteiger partial charge is 0.243 e. The molecule has 1 heterocycles. The van der Waals surface area contributed by atoms with Crippen LogP contribution in [0, 0.1) is 5.41 Å². The standard InChI is InChI=1S/C22H34N4O3S2/c1-8-16(4)26-20(23-24-21(26)30-15-19(27)22(5,6)7)17-12-11-13-18(14-17)31(28,29)25(9-2)10-3/h11-14,16H,8-10,15H2,1-7H3. The van der Waals surface area contributed by atoms with Gasteiger partial charge < -0.3 is 0 Å². The second-order valence-corrected chi connectivity index (χ2v) is 11.4. The van der Waals surface area contributed by atoms with E-state index in [-0.39, 0.29) is 16.7 Å². The Kier molecular flexibility index (Phi) is 8.47. The molecule has 172 valence electrons. The highest BCUT2D eigenvalue weighted by molar-refractivity contribution is 7.99. The Bertz CT molecular complexity index is 1010. The maximum Gasteiger partial charge on any atom is 0.243 e. The molecule has 2 aromatic rings. The number of hydrogen-bond acceptors (Lipinski definition) is 6. The minimum Gasteiger partial charge on any atom is -0.299 e. The van der Waals surface area contributed by atoms with Crippen LogP contribution in [0.3, 0.4) is 0 Å². The van der Waals surface area contributed by atoms with Gasteiger partial charge in [-0.3, -0.25) is 9.36 Å². The highest BCUT2D eigenvalue weighted by Crippen LogP contribution is 2.31. The number of aromatic nitrogens is 3. The van der Waals surface area contributed by atoms with Crippen LogP contribution in [0.2, 0.25) is 0 Å². The van der Waals surface area contributed by atoms with E-state index in [0.29, 0.717) is 35.4 Å². The predicted molar refractivity (Wildman–Crippen MR) is 126 cm³/mol. The third-order valence-corrected chi connectivity index (χ3v) is 8.29. The fourth-order valence-corrected chi connectivity index (χ4v) is 5.71. The normalized spacial score (nSPS) is 13.5. The molecule has 0 amide bonds. The van der Waals surface area contributed by atoms with E-state index in [1.165, 1.54) is 16.1 Å². The number of carbonyl (C=O) groups is 1. The summed E-state index contributed by atoms with van der Waals surface area (Å²) in [5.41, 5.74) is 0.277. The number of thioether (sulfide) groups is 1. The van der Waals surface area contributed by atoms with Crippen LogP contribution in [0.25, 0.3) is 11.4 Å². The second-order valence-electron chi connectivity index (χ2n) is 8.51. The molecule has 1 unspecified atom stereocenters. The largest absolute Gasteiger partial charge is 0.299 e. The molecule has 0 aliphatic rings. The number of sulfonamides is 1. The maximum absolute atomic E-state index is 13.0. The molecule has 0 aliphatic carbocycles. The van der Waals surface area contributed by atoms with E-state index in [4.69, 9.17) is 0 Å². The summed E-state index contributed by atoms with van der Waals surface area (Å²) in [6.07, 6.45) is 0.850. The van der Waals surface area contributed by atoms with Crippen LogP contribution >= 0.6 is 11.8 Å². The average Bonchev–Trinajstić information content (AvgIpc) is 3.15. The number of nitrogens with zero attached hydrogens (tertiary/aromatic N) is 4. The molecule has 31 heavy (non-hydrogen) atoms. The van der Waals surface area contributed by atoms with Gasteiger partial charge in [-0.1, -0.05) is 65.4 Å². The van der Waals surface area contributed by atoms with Crippen molar-refractivity contribution in [1.82, 2.24) is 19.1 Å². The minimum atomic E-state index is -3.58. The van der Waals surface area contributed by atoms with Crippen molar-refractivity contribution in [2.24, 2.45) is 5.41 Å². The maximum atomic E-state index is 13.0. The first-order chi connectivity index (χ1) is 14.5. The fraction of sp³-hybridized carbons (Fsp3) is 0.591. The number of Topliss-reactive ketones (excluding diaryl/α,β-unsaturated/α-hetero) is 1. The topological polar surface area (TPSA) is 85.2 Å². The molecule has 1 aromatic heterocycles. The van der Waals surface area contributed by atoms with Gasteiger partial charge in [0, 0.05) is 30.1 Å². The highest BCUT2D eigenvalue weighted by atomic mass is 32.2. The van der Waals surface area contributed by atoms with Gasteiger partial charge in [0.1, 0.15) is 5.78 Å². The molecular weight excluding hydrogens is 432 g/mol. The lowest BCUT2D eigenvalue weighted by Gasteiger charge is -2.20. The molecule has 1 aromatic carbocycles. The first kappa shape index (κ1) is 25.5. The van der Waals surface area contributed by atoms with Crippen LogP contribution < -0.4 is 0 Å². The Morgan fingerprint density at radius 1 is 1.16 bits per heavy atom. The van der Waals surface area contributed by atoms with E-state index < -0.39 is 15.4 Å². The van der Waals surface area contributed by atoms with Crippen molar-refractivity contribution >= 4 is 27.6 Å². The quantitative estimate of drug-likeness (QED) is 0.474. The van der Waals surface area contributed by atoms with E-state index in [2.05, 4.69) is 24.0 Å². The van der Waals surface area contributed by atoms with Gasteiger partial charge in [-0.05, 0) is 25.5 Å². The molecular formula is C22H34N4O3S2. The Hall–Kier alpha value is -1.71. The van der Waals surface area contributed by atoms with Gasteiger partial charge in [0.05, 0.1) is 10.6 Å². The Morgan fingerprint density at radius 2 is 1.81 bits per heavy atom. The van der Waals surface area contributed by atoms with Gasteiger partial charge in [0.25, 0.3) is 0 Å². The van der Waals surface area contributed by atoms with Gasteiger partial charge in [-0.15, -0.1) is 10.2 Å². The third-order valence-electron chi connectivity index (χ3n) is 5.30. The molecule has 0 bridgehead atoms. The van der Waals surface area contributed by atoms with Crippen molar-refractivity contribution in [2.75, 3.05) is 18.8 Å². The van der Waals surface area contributed by atoms with Gasteiger partial charge >= 0.3 is 0 Å². The van der Waals surface area contributed by atoms with Crippen LogP contribution in [-0.4, -0.2) is 52.1 Å². The van der Waals surface area contributed by atoms with E-state index in [0.717, 1.165) is 6.42 Å². The van der Waals surface area contributed by atoms with E-state index in [1.54, 1.807) is 18.2 Å². The third kappa shape index (κ3) is 5.75. The Balaban J connectivity index is 2.47. The fourth-order valence-electron chi connectivity index (χ4n) is 3.01. The molecule has 7 nitrogen and oxygen atoms in total. The molecule has 1 atom stereocenters. The molecule has 0 fully saturated rings. The zero-order chi connectivity index (χ0) is 23.4. The summed E-state index contributed by atoms with van der Waals surface area (Å²) in [5.74, 6) is 1.07. The number of hydrogen-bond donors (Lipinski definition) is 0. The Labute approximate surface area is 190 Å². The first-order valence-corrected chi connectivity index (χ1v) is 13.1. The minimum absolute atomic E-state index is 0.0975. The van der Waals surface area contributed by atoms with Crippen LogP contribution in [0.5, 0.6) is 0 Å². The van der Waals surface area contributed by atoms with Crippen LogP contribution in [0.1, 0.15) is 60.9 Å². The molecule has 2 rings (SSSR count). The number of ketones is 1. The summed E-state index contributed by atoms with van der Waals surface area (Å²) >= 11 is 1.38. The van der Waals surface area contributed by atoms with Crippen molar-refractivity contribution in [3.8, 4) is 11.4 Å². The van der Waals surface area contributed by atoms with Gasteiger partial charge in [0.2, 0.25) is 10.0 Å². The summed E-state index contributed by atoms with van der Waals surface area (Å²) in [6, 6.07) is 6.94. The summed E-state index contributed by atoms with van der Waals surface area (Å²) in [6.45, 7) is 14.3. The Morgan fingerprint density at radius 3 is 2.35 bits per heavy atom. The number of rotatable bonds is 10. The van der Waals surface area contributed by atoms with E-state index in [1.807, 2.05) is 45.3 Å². The van der Waals surface area contributed by atoms with E-state index >= 15 is 0 Å². The summed E-state index contributed by atoms with van der Waals surface area (Å²) in [5, 5.41) is 9.38. The van der Waals surface area contributed by atoms with Crippen LogP contribution in [-0.2, 0) is 14.8 Å². The monoisotopic (exact) mass is 466 g/mol.